The van der Waals surface area contributed by atoms with Crippen molar-refractivity contribution in [2.45, 2.75) is 0 Å². The number of ether oxygens (including phenoxy) is 1. The lowest BCUT2D eigenvalue weighted by Gasteiger charge is -2.13. The summed E-state index contributed by atoms with van der Waals surface area (Å²) >= 11 is 0. The summed E-state index contributed by atoms with van der Waals surface area (Å²) in [4.78, 5) is 11.5. The number of halogens is 1. The van der Waals surface area contributed by atoms with Crippen LogP contribution in [0.25, 0.3) is 0 Å². The third-order valence-electron chi connectivity index (χ3n) is 2.97. The van der Waals surface area contributed by atoms with Crippen molar-refractivity contribution in [1.82, 2.24) is 5.32 Å². The van der Waals surface area contributed by atoms with Gasteiger partial charge in [-0.1, -0.05) is 0 Å². The highest BCUT2D eigenvalue weighted by Crippen LogP contribution is 2.31. The van der Waals surface area contributed by atoms with Gasteiger partial charge in [-0.25, -0.2) is 4.39 Å². The lowest BCUT2D eigenvalue weighted by atomic mass is 10.1. The van der Waals surface area contributed by atoms with Crippen molar-refractivity contribution in [2.75, 3.05) is 25.2 Å². The standard InChI is InChI=1S/C15H16FN3O2/c1-18-15(20)9-3-5-12(11(17)7-9)19-13-6-4-10(16)8-14(13)21-2/h3-8,19H,17H2,1-2H3,(H,18,20). The number of hydrogen-bond donors (Lipinski definition) is 3. The lowest BCUT2D eigenvalue weighted by molar-refractivity contribution is 0.0963. The first-order valence-corrected chi connectivity index (χ1v) is 6.27. The van der Waals surface area contributed by atoms with E-state index in [1.54, 1.807) is 31.3 Å². The molecule has 0 spiro atoms. The molecule has 6 heteroatoms. The average Bonchev–Trinajstić information content (AvgIpc) is 2.49. The highest BCUT2D eigenvalue weighted by molar-refractivity contribution is 5.96. The van der Waals surface area contributed by atoms with Crippen LogP contribution in [0.3, 0.4) is 0 Å². The summed E-state index contributed by atoms with van der Waals surface area (Å²) in [5, 5.41) is 5.58. The van der Waals surface area contributed by atoms with Crippen LogP contribution in [0.1, 0.15) is 10.4 Å². The number of hydrogen-bond acceptors (Lipinski definition) is 4. The van der Waals surface area contributed by atoms with E-state index in [4.69, 9.17) is 10.5 Å². The van der Waals surface area contributed by atoms with Gasteiger partial charge in [0.1, 0.15) is 11.6 Å². The molecule has 0 aliphatic carbocycles. The Hall–Kier alpha value is -2.76. The Morgan fingerprint density at radius 1 is 1.19 bits per heavy atom. The van der Waals surface area contributed by atoms with Gasteiger partial charge in [0.25, 0.3) is 5.91 Å². The molecule has 5 nitrogen and oxygen atoms in total. The Bertz CT molecular complexity index is 674. The van der Waals surface area contributed by atoms with Crippen molar-refractivity contribution < 1.29 is 13.9 Å². The van der Waals surface area contributed by atoms with Gasteiger partial charge in [-0.3, -0.25) is 4.79 Å². The van der Waals surface area contributed by atoms with E-state index in [9.17, 15) is 9.18 Å². The molecule has 0 aromatic heterocycles. The molecule has 110 valence electrons. The van der Waals surface area contributed by atoms with Crippen LogP contribution >= 0.6 is 0 Å². The van der Waals surface area contributed by atoms with Gasteiger partial charge >= 0.3 is 0 Å². The van der Waals surface area contributed by atoms with Crippen molar-refractivity contribution in [1.29, 1.82) is 0 Å². The molecule has 1 amide bonds. The maximum absolute atomic E-state index is 13.2. The molecule has 2 aromatic rings. The van der Waals surface area contributed by atoms with Gasteiger partial charge in [0.15, 0.2) is 0 Å². The van der Waals surface area contributed by atoms with Crippen LogP contribution in [0.2, 0.25) is 0 Å². The van der Waals surface area contributed by atoms with E-state index in [1.807, 2.05) is 0 Å². The fourth-order valence-electron chi connectivity index (χ4n) is 1.88. The van der Waals surface area contributed by atoms with Crippen LogP contribution in [-0.2, 0) is 0 Å². The summed E-state index contributed by atoms with van der Waals surface area (Å²) in [7, 11) is 3.01. The van der Waals surface area contributed by atoms with Gasteiger partial charge in [-0.15, -0.1) is 0 Å². The number of benzene rings is 2. The van der Waals surface area contributed by atoms with Gasteiger partial charge in [0, 0.05) is 18.7 Å². The summed E-state index contributed by atoms with van der Waals surface area (Å²) in [5.74, 6) is -0.238. The minimum Gasteiger partial charge on any atom is -0.494 e. The first-order valence-electron chi connectivity index (χ1n) is 6.27. The Balaban J connectivity index is 2.30. The number of carbonyl (C=O) groups excluding carboxylic acids is 1. The van der Waals surface area contributed by atoms with Gasteiger partial charge in [-0.2, -0.15) is 0 Å². The summed E-state index contributed by atoms with van der Waals surface area (Å²) in [6, 6.07) is 9.05. The first kappa shape index (κ1) is 14.6. The van der Waals surface area contributed by atoms with E-state index in [0.717, 1.165) is 0 Å². The van der Waals surface area contributed by atoms with E-state index in [-0.39, 0.29) is 11.7 Å². The second-order valence-electron chi connectivity index (χ2n) is 4.35. The highest BCUT2D eigenvalue weighted by atomic mass is 19.1. The molecule has 0 saturated carbocycles. The number of carbonyl (C=O) groups is 1. The summed E-state index contributed by atoms with van der Waals surface area (Å²) in [5.41, 5.74) is 7.98. The van der Waals surface area contributed by atoms with Crippen LogP contribution in [0.4, 0.5) is 21.5 Å². The van der Waals surface area contributed by atoms with Crippen molar-refractivity contribution in [3.05, 3.63) is 47.8 Å². The predicted molar refractivity (Wildman–Crippen MR) is 80.5 cm³/mol. The molecular weight excluding hydrogens is 273 g/mol. The molecule has 21 heavy (non-hydrogen) atoms. The number of nitrogen functional groups attached to an aromatic ring is 1. The SMILES string of the molecule is CNC(=O)c1ccc(Nc2ccc(F)cc2OC)c(N)c1. The Labute approximate surface area is 121 Å². The molecule has 4 N–H and O–H groups in total. The number of methoxy groups -OCH3 is 1. The van der Waals surface area contributed by atoms with E-state index >= 15 is 0 Å². The van der Waals surface area contributed by atoms with Crippen LogP contribution in [0, 0.1) is 5.82 Å². The van der Waals surface area contributed by atoms with Gasteiger partial charge in [0.2, 0.25) is 0 Å². The molecule has 0 radical (unpaired) electrons. The Morgan fingerprint density at radius 2 is 1.90 bits per heavy atom. The van der Waals surface area contributed by atoms with Gasteiger partial charge in [-0.05, 0) is 30.3 Å². The predicted octanol–water partition coefficient (Wildman–Crippen LogP) is 2.52. The zero-order valence-corrected chi connectivity index (χ0v) is 11.7. The maximum Gasteiger partial charge on any atom is 0.251 e. The summed E-state index contributed by atoms with van der Waals surface area (Å²) in [6.07, 6.45) is 0. The average molecular weight is 289 g/mol. The molecule has 0 atom stereocenters. The topological polar surface area (TPSA) is 76.4 Å². The molecule has 0 aliphatic rings. The molecule has 2 rings (SSSR count). The number of rotatable bonds is 4. The smallest absolute Gasteiger partial charge is 0.251 e. The monoisotopic (exact) mass is 289 g/mol. The highest BCUT2D eigenvalue weighted by Gasteiger charge is 2.09. The number of nitrogens with two attached hydrogens (primary N) is 1. The van der Waals surface area contributed by atoms with E-state index in [2.05, 4.69) is 10.6 Å². The molecule has 0 unspecified atom stereocenters. The van der Waals surface area contributed by atoms with E-state index < -0.39 is 0 Å². The third kappa shape index (κ3) is 3.22. The van der Waals surface area contributed by atoms with Crippen molar-refractivity contribution >= 4 is 23.0 Å². The largest absolute Gasteiger partial charge is 0.494 e. The molecule has 2 aromatic carbocycles. The van der Waals surface area contributed by atoms with Crippen molar-refractivity contribution in [3.63, 3.8) is 0 Å². The lowest BCUT2D eigenvalue weighted by Crippen LogP contribution is -2.18. The molecule has 0 fully saturated rings. The third-order valence-corrected chi connectivity index (χ3v) is 2.97. The molecule has 0 heterocycles. The minimum atomic E-state index is -0.389. The maximum atomic E-state index is 13.2. The quantitative estimate of drug-likeness (QED) is 0.756. The zero-order chi connectivity index (χ0) is 15.4. The normalized spacial score (nSPS) is 10.0. The molecule has 0 bridgehead atoms. The summed E-state index contributed by atoms with van der Waals surface area (Å²) < 4.78 is 18.3. The molecule has 0 saturated heterocycles. The molecular formula is C15H16FN3O2. The zero-order valence-electron chi connectivity index (χ0n) is 11.7. The summed E-state index contributed by atoms with van der Waals surface area (Å²) in [6.45, 7) is 0. The second kappa shape index (κ2) is 6.13. The fourth-order valence-corrected chi connectivity index (χ4v) is 1.88. The number of nitrogens with one attached hydrogen (secondary N) is 2. The van der Waals surface area contributed by atoms with E-state index in [1.165, 1.54) is 19.2 Å². The van der Waals surface area contributed by atoms with E-state index in [0.29, 0.717) is 28.4 Å². The first-order chi connectivity index (χ1) is 10.0. The van der Waals surface area contributed by atoms with Crippen LogP contribution in [0.15, 0.2) is 36.4 Å². The number of anilines is 3. The van der Waals surface area contributed by atoms with Gasteiger partial charge < -0.3 is 21.1 Å². The Kier molecular flexibility index (Phi) is 4.27. The van der Waals surface area contributed by atoms with Crippen molar-refractivity contribution in [3.8, 4) is 5.75 Å². The number of amides is 1. The minimum absolute atomic E-state index is 0.215. The van der Waals surface area contributed by atoms with Crippen LogP contribution in [0.5, 0.6) is 5.75 Å². The fraction of sp³-hybridized carbons (Fsp3) is 0.133. The Morgan fingerprint density at radius 3 is 2.52 bits per heavy atom. The second-order valence-corrected chi connectivity index (χ2v) is 4.35. The van der Waals surface area contributed by atoms with Crippen LogP contribution < -0.4 is 21.1 Å². The van der Waals surface area contributed by atoms with Crippen LogP contribution in [-0.4, -0.2) is 20.1 Å². The van der Waals surface area contributed by atoms with Crippen molar-refractivity contribution in [2.24, 2.45) is 0 Å². The van der Waals surface area contributed by atoms with Gasteiger partial charge in [0.05, 0.1) is 24.2 Å². The molecule has 0 aliphatic heterocycles.